The topological polar surface area (TPSA) is 52.9 Å². The number of methoxy groups -OCH3 is 1. The minimum absolute atomic E-state index is 0.148. The number of fused-ring (bicyclic) bond motifs is 1. The largest absolute Gasteiger partial charge is 0.497 e. The van der Waals surface area contributed by atoms with Gasteiger partial charge in [-0.3, -0.25) is 0 Å². The van der Waals surface area contributed by atoms with E-state index in [4.69, 9.17) is 4.74 Å². The van der Waals surface area contributed by atoms with Gasteiger partial charge in [-0.05, 0) is 69.0 Å². The summed E-state index contributed by atoms with van der Waals surface area (Å²) >= 11 is 0. The molecule has 1 aliphatic heterocycles. The highest BCUT2D eigenvalue weighted by Crippen LogP contribution is 2.58. The first-order valence-electron chi connectivity index (χ1n) is 8.28. The number of likely N-dealkylation sites (N-methyl/N-ethyl adjacent to an activating group) is 1. The summed E-state index contributed by atoms with van der Waals surface area (Å²) in [6.07, 6.45) is 3.50. The van der Waals surface area contributed by atoms with Crippen molar-refractivity contribution in [2.24, 2.45) is 0 Å². The molecule has 2 fully saturated rings. The average Bonchev–Trinajstić information content (AvgIpc) is 2.51. The molecule has 2 bridgehead atoms. The van der Waals surface area contributed by atoms with Crippen LogP contribution in [0.5, 0.6) is 5.75 Å². The highest BCUT2D eigenvalue weighted by molar-refractivity contribution is 5.48. The van der Waals surface area contributed by atoms with E-state index in [-0.39, 0.29) is 17.6 Å². The number of hydrogen-bond donors (Lipinski definition) is 2. The zero-order valence-electron chi connectivity index (χ0n) is 13.4. The molecule has 4 atom stereocenters. The van der Waals surface area contributed by atoms with Gasteiger partial charge < -0.3 is 19.8 Å². The predicted octanol–water partition coefficient (Wildman–Crippen LogP) is 1.47. The molecule has 4 nitrogen and oxygen atoms in total. The summed E-state index contributed by atoms with van der Waals surface area (Å²) in [6.45, 7) is 0.969. The number of aliphatic hydroxyl groups excluding tert-OH is 1. The number of rotatable bonds is 1. The second-order valence-electron chi connectivity index (χ2n) is 7.38. The molecular weight excluding hydrogens is 278 g/mol. The van der Waals surface area contributed by atoms with E-state index < -0.39 is 5.60 Å². The molecule has 0 spiro atoms. The molecule has 120 valence electrons. The summed E-state index contributed by atoms with van der Waals surface area (Å²) in [4.78, 5) is 2.31. The smallest absolute Gasteiger partial charge is 0.119 e. The van der Waals surface area contributed by atoms with Crippen molar-refractivity contribution in [1.29, 1.82) is 0 Å². The van der Waals surface area contributed by atoms with Crippen LogP contribution in [-0.2, 0) is 11.8 Å². The molecule has 1 aromatic carbocycles. The molecule has 4 rings (SSSR count). The van der Waals surface area contributed by atoms with E-state index in [9.17, 15) is 10.2 Å². The SMILES string of the molecule is COc1ccc2c(c1)C13CCN(C)C(C2)C1(O)CCC(O)C3. The van der Waals surface area contributed by atoms with Crippen LogP contribution < -0.4 is 4.74 Å². The van der Waals surface area contributed by atoms with Gasteiger partial charge in [-0.2, -0.15) is 0 Å². The quantitative estimate of drug-likeness (QED) is 0.825. The Kier molecular flexibility index (Phi) is 3.09. The number of nitrogens with zero attached hydrogens (tertiary/aromatic N) is 1. The molecule has 0 amide bonds. The zero-order valence-corrected chi connectivity index (χ0v) is 13.4. The van der Waals surface area contributed by atoms with Crippen molar-refractivity contribution in [3.8, 4) is 5.75 Å². The van der Waals surface area contributed by atoms with Gasteiger partial charge in [0.1, 0.15) is 5.75 Å². The lowest BCUT2D eigenvalue weighted by atomic mass is 9.49. The number of aliphatic hydroxyl groups is 2. The van der Waals surface area contributed by atoms with E-state index in [0.29, 0.717) is 19.3 Å². The van der Waals surface area contributed by atoms with E-state index in [1.165, 1.54) is 11.1 Å². The monoisotopic (exact) mass is 303 g/mol. The van der Waals surface area contributed by atoms with Gasteiger partial charge in [-0.1, -0.05) is 6.07 Å². The van der Waals surface area contributed by atoms with Crippen molar-refractivity contribution in [2.75, 3.05) is 20.7 Å². The molecule has 3 aliphatic rings. The maximum atomic E-state index is 11.7. The van der Waals surface area contributed by atoms with Gasteiger partial charge in [0, 0.05) is 11.5 Å². The Balaban J connectivity index is 1.94. The van der Waals surface area contributed by atoms with Gasteiger partial charge in [-0.15, -0.1) is 0 Å². The third-order valence-corrected chi connectivity index (χ3v) is 6.49. The molecule has 1 aromatic rings. The molecule has 1 heterocycles. The van der Waals surface area contributed by atoms with Crippen LogP contribution in [0.25, 0.3) is 0 Å². The van der Waals surface area contributed by atoms with Crippen molar-refractivity contribution in [3.05, 3.63) is 29.3 Å². The minimum atomic E-state index is -0.738. The third-order valence-electron chi connectivity index (χ3n) is 6.49. The Morgan fingerprint density at radius 3 is 2.91 bits per heavy atom. The Hall–Kier alpha value is -1.10. The summed E-state index contributed by atoms with van der Waals surface area (Å²) in [5.41, 5.74) is 1.44. The van der Waals surface area contributed by atoms with Crippen LogP contribution in [-0.4, -0.2) is 53.6 Å². The molecule has 1 saturated heterocycles. The van der Waals surface area contributed by atoms with E-state index in [2.05, 4.69) is 24.1 Å². The fourth-order valence-electron chi connectivity index (χ4n) is 5.32. The van der Waals surface area contributed by atoms with Gasteiger partial charge in [0.25, 0.3) is 0 Å². The van der Waals surface area contributed by atoms with Gasteiger partial charge in [0.2, 0.25) is 0 Å². The molecular formula is C18H25NO3. The summed E-state index contributed by atoms with van der Waals surface area (Å²) in [5.74, 6) is 0.841. The number of ether oxygens (including phenoxy) is 1. The number of hydrogen-bond acceptors (Lipinski definition) is 4. The standard InChI is InChI=1S/C18H25NO3/c1-19-8-7-17-11-13(20)5-6-18(17,21)16(19)9-12-3-4-14(22-2)10-15(12)17/h3-4,10,13,16,20-21H,5-9,11H2,1-2H3. The van der Waals surface area contributed by atoms with Crippen LogP contribution in [0.15, 0.2) is 18.2 Å². The highest BCUT2D eigenvalue weighted by Gasteiger charge is 2.63. The molecule has 0 aromatic heterocycles. The Morgan fingerprint density at radius 2 is 2.14 bits per heavy atom. The fraction of sp³-hybridized carbons (Fsp3) is 0.667. The summed E-state index contributed by atoms with van der Waals surface area (Å²) in [5, 5.41) is 22.0. The first kappa shape index (κ1) is 14.5. The molecule has 4 unspecified atom stereocenters. The van der Waals surface area contributed by atoms with Crippen molar-refractivity contribution >= 4 is 0 Å². The minimum Gasteiger partial charge on any atom is -0.497 e. The van der Waals surface area contributed by atoms with Crippen LogP contribution in [0.2, 0.25) is 0 Å². The lowest BCUT2D eigenvalue weighted by Crippen LogP contribution is -2.72. The molecule has 4 heteroatoms. The van der Waals surface area contributed by atoms with Crippen LogP contribution in [0.4, 0.5) is 0 Å². The van der Waals surface area contributed by atoms with Gasteiger partial charge in [0.15, 0.2) is 0 Å². The van der Waals surface area contributed by atoms with E-state index in [0.717, 1.165) is 25.1 Å². The first-order chi connectivity index (χ1) is 10.5. The Labute approximate surface area is 131 Å². The second-order valence-corrected chi connectivity index (χ2v) is 7.38. The lowest BCUT2D eigenvalue weighted by Gasteiger charge is -2.64. The number of likely N-dealkylation sites (tertiary alicyclic amines) is 1. The van der Waals surface area contributed by atoms with Crippen molar-refractivity contribution < 1.29 is 14.9 Å². The second kappa shape index (κ2) is 4.70. The lowest BCUT2D eigenvalue weighted by molar-refractivity contribution is -0.177. The highest BCUT2D eigenvalue weighted by atomic mass is 16.5. The molecule has 22 heavy (non-hydrogen) atoms. The number of piperidine rings is 1. The van der Waals surface area contributed by atoms with E-state index in [1.54, 1.807) is 7.11 Å². The van der Waals surface area contributed by atoms with Gasteiger partial charge in [0.05, 0.1) is 18.8 Å². The molecule has 2 N–H and O–H groups in total. The predicted molar refractivity (Wildman–Crippen MR) is 84.2 cm³/mol. The summed E-state index contributed by atoms with van der Waals surface area (Å²) in [7, 11) is 3.80. The number of benzene rings is 1. The maximum absolute atomic E-state index is 11.7. The van der Waals surface area contributed by atoms with Crippen LogP contribution in [0.1, 0.15) is 36.8 Å². The van der Waals surface area contributed by atoms with Gasteiger partial charge >= 0.3 is 0 Å². The van der Waals surface area contributed by atoms with Crippen molar-refractivity contribution in [3.63, 3.8) is 0 Å². The van der Waals surface area contributed by atoms with Gasteiger partial charge in [-0.25, -0.2) is 0 Å². The third kappa shape index (κ3) is 1.69. The molecule has 0 radical (unpaired) electrons. The van der Waals surface area contributed by atoms with E-state index in [1.807, 2.05) is 6.07 Å². The summed E-state index contributed by atoms with van der Waals surface area (Å²) < 4.78 is 5.42. The Bertz CT molecular complexity index is 604. The van der Waals surface area contributed by atoms with Crippen LogP contribution in [0.3, 0.4) is 0 Å². The molecule has 1 saturated carbocycles. The summed E-state index contributed by atoms with van der Waals surface area (Å²) in [6, 6.07) is 6.40. The normalized spacial score (nSPS) is 40.7. The Morgan fingerprint density at radius 1 is 1.32 bits per heavy atom. The maximum Gasteiger partial charge on any atom is 0.119 e. The van der Waals surface area contributed by atoms with Crippen LogP contribution >= 0.6 is 0 Å². The average molecular weight is 303 g/mol. The van der Waals surface area contributed by atoms with E-state index >= 15 is 0 Å². The van der Waals surface area contributed by atoms with Crippen molar-refractivity contribution in [1.82, 2.24) is 4.90 Å². The van der Waals surface area contributed by atoms with Crippen LogP contribution in [0, 0.1) is 0 Å². The fourth-order valence-corrected chi connectivity index (χ4v) is 5.32. The van der Waals surface area contributed by atoms with Crippen molar-refractivity contribution in [2.45, 2.75) is 55.3 Å². The zero-order chi connectivity index (χ0) is 15.5. The molecule has 2 aliphatic carbocycles. The first-order valence-corrected chi connectivity index (χ1v) is 8.28.